The van der Waals surface area contributed by atoms with Crippen LogP contribution < -0.4 is 11.1 Å². The van der Waals surface area contributed by atoms with Gasteiger partial charge in [0, 0.05) is 12.5 Å². The Balaban J connectivity index is 2.05. The Kier molecular flexibility index (Phi) is 3.67. The van der Waals surface area contributed by atoms with Gasteiger partial charge in [-0.3, -0.25) is 0 Å². The Morgan fingerprint density at radius 1 is 1.32 bits per heavy atom. The van der Waals surface area contributed by atoms with Gasteiger partial charge in [-0.1, -0.05) is 40.6 Å². The normalized spacial score (nSPS) is 18.9. The van der Waals surface area contributed by atoms with Crippen LogP contribution in [0.5, 0.6) is 0 Å². The number of nitrogens with one attached hydrogen (secondary N) is 1. The van der Waals surface area contributed by atoms with Crippen molar-refractivity contribution in [3.05, 3.63) is 33.9 Å². The van der Waals surface area contributed by atoms with Crippen molar-refractivity contribution in [3.63, 3.8) is 0 Å². The Labute approximate surface area is 125 Å². The summed E-state index contributed by atoms with van der Waals surface area (Å²) in [6, 6.07) is 5.65. The largest absolute Gasteiger partial charge is 0.375 e. The van der Waals surface area contributed by atoms with Gasteiger partial charge in [-0.25, -0.2) is 4.98 Å². The van der Waals surface area contributed by atoms with E-state index in [1.165, 1.54) is 11.3 Å². The number of aromatic nitrogens is 1. The van der Waals surface area contributed by atoms with Crippen molar-refractivity contribution in [3.8, 4) is 10.4 Å². The number of hydrogen-bond donors (Lipinski definition) is 2. The molecule has 19 heavy (non-hydrogen) atoms. The molecule has 6 heteroatoms. The topological polar surface area (TPSA) is 50.9 Å². The van der Waals surface area contributed by atoms with E-state index >= 15 is 0 Å². The second kappa shape index (κ2) is 5.29. The van der Waals surface area contributed by atoms with Crippen molar-refractivity contribution in [2.45, 2.75) is 12.3 Å². The fourth-order valence-electron chi connectivity index (χ4n) is 2.36. The van der Waals surface area contributed by atoms with Gasteiger partial charge < -0.3 is 11.1 Å². The van der Waals surface area contributed by atoms with Crippen LogP contribution in [0.2, 0.25) is 10.0 Å². The van der Waals surface area contributed by atoms with Gasteiger partial charge in [0.25, 0.3) is 0 Å². The van der Waals surface area contributed by atoms with Gasteiger partial charge in [-0.15, -0.1) is 0 Å². The minimum Gasteiger partial charge on any atom is -0.375 e. The first-order valence-electron chi connectivity index (χ1n) is 6.07. The predicted octanol–water partition coefficient (Wildman–Crippen LogP) is 3.78. The molecule has 2 heterocycles. The SMILES string of the molecule is Nc1nc([C@H]2CCNC2)c(-c2ccc(Cl)c(Cl)c2)s1. The highest BCUT2D eigenvalue weighted by Crippen LogP contribution is 2.39. The Morgan fingerprint density at radius 3 is 2.84 bits per heavy atom. The van der Waals surface area contributed by atoms with Crippen molar-refractivity contribution in [2.24, 2.45) is 0 Å². The van der Waals surface area contributed by atoms with Crippen LogP contribution in [-0.4, -0.2) is 18.1 Å². The fourth-order valence-corrected chi connectivity index (χ4v) is 3.57. The minimum absolute atomic E-state index is 0.429. The molecular formula is C13H13Cl2N3S. The molecule has 0 unspecified atom stereocenters. The molecule has 1 saturated heterocycles. The third-order valence-corrected chi connectivity index (χ3v) is 4.99. The van der Waals surface area contributed by atoms with Gasteiger partial charge in [0.05, 0.1) is 20.6 Å². The van der Waals surface area contributed by atoms with Gasteiger partial charge in [0.1, 0.15) is 0 Å². The summed E-state index contributed by atoms with van der Waals surface area (Å²) in [6.45, 7) is 1.99. The summed E-state index contributed by atoms with van der Waals surface area (Å²) in [7, 11) is 0. The van der Waals surface area contributed by atoms with Crippen LogP contribution >= 0.6 is 34.5 Å². The number of benzene rings is 1. The van der Waals surface area contributed by atoms with Crippen molar-refractivity contribution < 1.29 is 0 Å². The maximum Gasteiger partial charge on any atom is 0.180 e. The number of nitrogens with zero attached hydrogens (tertiary/aromatic N) is 1. The lowest BCUT2D eigenvalue weighted by Crippen LogP contribution is -2.08. The standard InChI is InChI=1S/C13H13Cl2N3S/c14-9-2-1-7(5-10(9)15)12-11(18-13(16)19-12)8-3-4-17-6-8/h1-2,5,8,17H,3-4,6H2,(H2,16,18)/t8-/m0/s1. The Bertz CT molecular complexity index is 606. The molecule has 0 saturated carbocycles. The average molecular weight is 314 g/mol. The summed E-state index contributed by atoms with van der Waals surface area (Å²) in [5.41, 5.74) is 7.99. The third kappa shape index (κ3) is 2.58. The summed E-state index contributed by atoms with van der Waals surface area (Å²) < 4.78 is 0. The molecule has 0 radical (unpaired) electrons. The molecule has 0 spiro atoms. The van der Waals surface area contributed by atoms with Crippen LogP contribution in [-0.2, 0) is 0 Å². The first-order valence-corrected chi connectivity index (χ1v) is 7.64. The van der Waals surface area contributed by atoms with E-state index in [2.05, 4.69) is 10.3 Å². The maximum absolute atomic E-state index is 6.09. The lowest BCUT2D eigenvalue weighted by atomic mass is 10.0. The zero-order chi connectivity index (χ0) is 13.4. The van der Waals surface area contributed by atoms with E-state index in [-0.39, 0.29) is 0 Å². The second-order valence-corrected chi connectivity index (χ2v) is 6.43. The number of nitrogen functional groups attached to an aromatic ring is 1. The van der Waals surface area contributed by atoms with Crippen LogP contribution in [0.1, 0.15) is 18.0 Å². The molecule has 1 aromatic carbocycles. The highest BCUT2D eigenvalue weighted by Gasteiger charge is 2.24. The van der Waals surface area contributed by atoms with Crippen molar-refractivity contribution in [1.82, 2.24) is 10.3 Å². The summed E-state index contributed by atoms with van der Waals surface area (Å²) in [5.74, 6) is 0.429. The molecule has 3 rings (SSSR count). The fraction of sp³-hybridized carbons (Fsp3) is 0.308. The van der Waals surface area contributed by atoms with E-state index in [0.717, 1.165) is 35.6 Å². The molecule has 3 N–H and O–H groups in total. The van der Waals surface area contributed by atoms with E-state index < -0.39 is 0 Å². The lowest BCUT2D eigenvalue weighted by molar-refractivity contribution is 0.744. The average Bonchev–Trinajstić information content (AvgIpc) is 3.01. The zero-order valence-corrected chi connectivity index (χ0v) is 12.4. The molecule has 0 aliphatic carbocycles. The number of halogens is 2. The number of thiazole rings is 1. The monoisotopic (exact) mass is 313 g/mol. The minimum atomic E-state index is 0.429. The van der Waals surface area contributed by atoms with Crippen LogP contribution in [0.4, 0.5) is 5.13 Å². The highest BCUT2D eigenvalue weighted by atomic mass is 35.5. The van der Waals surface area contributed by atoms with Gasteiger partial charge in [-0.05, 0) is 30.7 Å². The molecule has 1 fully saturated rings. The summed E-state index contributed by atoms with van der Waals surface area (Å²) >= 11 is 13.6. The quantitative estimate of drug-likeness (QED) is 0.887. The number of rotatable bonds is 2. The second-order valence-electron chi connectivity index (χ2n) is 4.59. The van der Waals surface area contributed by atoms with Crippen LogP contribution in [0.15, 0.2) is 18.2 Å². The first kappa shape index (κ1) is 13.2. The molecule has 3 nitrogen and oxygen atoms in total. The molecule has 1 aliphatic heterocycles. The smallest absolute Gasteiger partial charge is 0.180 e. The molecule has 2 aromatic rings. The molecule has 1 aliphatic rings. The van der Waals surface area contributed by atoms with Gasteiger partial charge in [0.2, 0.25) is 0 Å². The van der Waals surface area contributed by atoms with Crippen molar-refractivity contribution in [1.29, 1.82) is 0 Å². The van der Waals surface area contributed by atoms with Gasteiger partial charge in [-0.2, -0.15) is 0 Å². The summed E-state index contributed by atoms with van der Waals surface area (Å²) in [6.07, 6.45) is 1.09. The van der Waals surface area contributed by atoms with Gasteiger partial charge in [0.15, 0.2) is 5.13 Å². The highest BCUT2D eigenvalue weighted by molar-refractivity contribution is 7.18. The maximum atomic E-state index is 6.09. The van der Waals surface area contributed by atoms with E-state index in [1.54, 1.807) is 0 Å². The molecule has 1 aromatic heterocycles. The number of nitrogens with two attached hydrogens (primary N) is 1. The first-order chi connectivity index (χ1) is 9.15. The Morgan fingerprint density at radius 2 is 2.16 bits per heavy atom. The zero-order valence-electron chi connectivity index (χ0n) is 10.1. The summed E-state index contributed by atoms with van der Waals surface area (Å²) in [5, 5.41) is 5.07. The van der Waals surface area contributed by atoms with E-state index in [0.29, 0.717) is 21.1 Å². The summed E-state index contributed by atoms with van der Waals surface area (Å²) in [4.78, 5) is 5.60. The third-order valence-electron chi connectivity index (χ3n) is 3.30. The van der Waals surface area contributed by atoms with Crippen LogP contribution in [0, 0.1) is 0 Å². The van der Waals surface area contributed by atoms with Crippen molar-refractivity contribution >= 4 is 39.7 Å². The van der Waals surface area contributed by atoms with E-state index in [1.807, 2.05) is 18.2 Å². The van der Waals surface area contributed by atoms with Crippen LogP contribution in [0.3, 0.4) is 0 Å². The molecule has 0 amide bonds. The molecule has 0 bridgehead atoms. The van der Waals surface area contributed by atoms with Crippen molar-refractivity contribution in [2.75, 3.05) is 18.8 Å². The molecule has 100 valence electrons. The number of hydrogen-bond acceptors (Lipinski definition) is 4. The van der Waals surface area contributed by atoms with Gasteiger partial charge >= 0.3 is 0 Å². The number of anilines is 1. The van der Waals surface area contributed by atoms with E-state index in [9.17, 15) is 0 Å². The van der Waals surface area contributed by atoms with E-state index in [4.69, 9.17) is 28.9 Å². The lowest BCUT2D eigenvalue weighted by Gasteiger charge is -2.08. The Hall–Kier alpha value is -0.810. The van der Waals surface area contributed by atoms with Crippen LogP contribution in [0.25, 0.3) is 10.4 Å². The molecular weight excluding hydrogens is 301 g/mol. The molecule has 1 atom stereocenters. The predicted molar refractivity (Wildman–Crippen MR) is 82.2 cm³/mol.